The van der Waals surface area contributed by atoms with Gasteiger partial charge in [-0.2, -0.15) is 5.26 Å². The Bertz CT molecular complexity index is 3340. The van der Waals surface area contributed by atoms with E-state index in [-0.39, 0.29) is 64.7 Å². The molecule has 0 bridgehead atoms. The van der Waals surface area contributed by atoms with E-state index in [1.165, 1.54) is 0 Å². The van der Waals surface area contributed by atoms with Crippen LogP contribution in [0.2, 0.25) is 0 Å². The van der Waals surface area contributed by atoms with Crippen LogP contribution < -0.4 is 103 Å². The molecule has 53 nitrogen and oxygen atoms in total. The number of alkyl halides is 2. The highest BCUT2D eigenvalue weighted by molar-refractivity contribution is 5.07. The van der Waals surface area contributed by atoms with Crippen molar-refractivity contribution < 1.29 is 176 Å². The van der Waals surface area contributed by atoms with Crippen LogP contribution in [0.25, 0.3) is 0 Å². The highest BCUT2D eigenvalue weighted by Crippen LogP contribution is 2.41. The molecule has 3 unspecified atom stereocenters. The van der Waals surface area contributed by atoms with Crippen molar-refractivity contribution in [1.82, 2.24) is 0 Å². The molecular formula is C73H141F2N19O34. The lowest BCUT2D eigenvalue weighted by Gasteiger charge is -2.46. The van der Waals surface area contributed by atoms with Crippen LogP contribution in [-0.4, -0.2) is 465 Å². The molecule has 746 valence electrons. The molecule has 3 aliphatic carbocycles. The molecule has 54 atom stereocenters. The summed E-state index contributed by atoms with van der Waals surface area (Å²) in [6.45, 7) is -2.38. The van der Waals surface area contributed by atoms with E-state index in [0.29, 0.717) is 25.7 Å². The third kappa shape index (κ3) is 24.7. The van der Waals surface area contributed by atoms with Crippen LogP contribution in [-0.2, 0) is 85.3 Å². The first-order chi connectivity index (χ1) is 60.6. The van der Waals surface area contributed by atoms with Gasteiger partial charge in [0.1, 0.15) is 146 Å². The topological polar surface area (TPSA) is 982 Å². The lowest BCUT2D eigenvalue weighted by molar-refractivity contribution is -0.293. The number of nitrogens with zero attached hydrogens (tertiary/aromatic N) is 1. The van der Waals surface area contributed by atoms with Crippen molar-refractivity contribution >= 4 is 0 Å². The highest BCUT2D eigenvalue weighted by Gasteiger charge is 2.60. The van der Waals surface area contributed by atoms with Crippen molar-refractivity contribution in [2.45, 2.75) is 401 Å². The molecular weight excluding hydrogens is 1720 g/mol. The van der Waals surface area contributed by atoms with Gasteiger partial charge in [0.05, 0.1) is 117 Å². The second-order valence-corrected chi connectivity index (χ2v) is 34.8. The molecule has 3 saturated carbocycles. The van der Waals surface area contributed by atoms with Gasteiger partial charge in [-0.3, -0.25) is 0 Å². The first-order valence-electron chi connectivity index (χ1n) is 43.1. The van der Waals surface area contributed by atoms with E-state index in [0.717, 1.165) is 0 Å². The van der Waals surface area contributed by atoms with Crippen LogP contribution >= 0.6 is 0 Å². The first-order valence-corrected chi connectivity index (χ1v) is 43.1. The van der Waals surface area contributed by atoms with Crippen molar-refractivity contribution in [2.75, 3.05) is 46.0 Å². The van der Waals surface area contributed by atoms with E-state index in [1.54, 1.807) is 0 Å². The summed E-state index contributed by atoms with van der Waals surface area (Å²) in [5.74, 6) is 0. The van der Waals surface area contributed by atoms with Gasteiger partial charge < -0.3 is 270 Å². The fraction of sp³-hybridized carbons (Fsp3) is 0.986. The van der Waals surface area contributed by atoms with E-state index >= 15 is 0 Å². The maximum Gasteiger partial charge on any atom is 0.256 e. The summed E-state index contributed by atoms with van der Waals surface area (Å²) in [6.07, 6.45) is -49.4. The molecule has 12 aliphatic rings. The van der Waals surface area contributed by atoms with Crippen LogP contribution in [0, 0.1) is 11.3 Å². The Morgan fingerprint density at radius 3 is 0.852 bits per heavy atom. The number of nitrogens with two attached hydrogens (primary N) is 18. The van der Waals surface area contributed by atoms with Gasteiger partial charge in [-0.15, -0.1) is 0 Å². The summed E-state index contributed by atoms with van der Waals surface area (Å²) < 4.78 is 132. The van der Waals surface area contributed by atoms with Gasteiger partial charge in [-0.25, -0.2) is 8.78 Å². The molecule has 128 heavy (non-hydrogen) atoms. The minimum absolute atomic E-state index is 0.0236. The largest absolute Gasteiger partial charge is 0.394 e. The molecule has 12 rings (SSSR count). The Balaban J connectivity index is 0.000000200. The van der Waals surface area contributed by atoms with Gasteiger partial charge in [-0.1, -0.05) is 0 Å². The van der Waals surface area contributed by atoms with E-state index in [4.69, 9.17) is 194 Å². The smallest absolute Gasteiger partial charge is 0.256 e. The molecule has 55 heteroatoms. The first kappa shape index (κ1) is 107. The number of ether oxygens (including phenoxy) is 18. The van der Waals surface area contributed by atoms with Crippen LogP contribution in [0.4, 0.5) is 8.78 Å². The number of hydrogen-bond donors (Lipinski definition) is 34. The third-order valence-corrected chi connectivity index (χ3v) is 25.7. The Morgan fingerprint density at radius 2 is 0.570 bits per heavy atom. The average Bonchev–Trinajstić information content (AvgIpc) is 1.38. The van der Waals surface area contributed by atoms with Crippen LogP contribution in [0.5, 0.6) is 0 Å². The zero-order valence-corrected chi connectivity index (χ0v) is 70.4. The lowest BCUT2D eigenvalue weighted by Crippen LogP contribution is -2.66. The van der Waals surface area contributed by atoms with Gasteiger partial charge in [0.2, 0.25) is 0 Å². The Kier molecular flexibility index (Phi) is 40.3. The number of aliphatic hydroxyl groups is 16. The summed E-state index contributed by atoms with van der Waals surface area (Å²) in [5, 5.41) is 177. The summed E-state index contributed by atoms with van der Waals surface area (Å²) in [5.41, 5.74) is 108. The normalized spacial score (nSPS) is 50.4. The van der Waals surface area contributed by atoms with E-state index < -0.39 is 357 Å². The molecule has 0 radical (unpaired) electrons. The molecule has 9 heterocycles. The van der Waals surface area contributed by atoms with Crippen LogP contribution in [0.15, 0.2) is 0 Å². The number of halogens is 2. The van der Waals surface area contributed by atoms with Crippen molar-refractivity contribution in [3.8, 4) is 6.07 Å². The molecule has 9 saturated heterocycles. The second-order valence-electron chi connectivity index (χ2n) is 34.8. The lowest BCUT2D eigenvalue weighted by atomic mass is 9.84. The second kappa shape index (κ2) is 48.0. The van der Waals surface area contributed by atoms with Crippen molar-refractivity contribution in [3.63, 3.8) is 0 Å². The summed E-state index contributed by atoms with van der Waals surface area (Å²) in [7, 11) is 0. The summed E-state index contributed by atoms with van der Waals surface area (Å²) >= 11 is 0. The van der Waals surface area contributed by atoms with Crippen LogP contribution in [0.1, 0.15) is 64.2 Å². The number of hydrogen-bond acceptors (Lipinski definition) is 53. The van der Waals surface area contributed by atoms with Crippen LogP contribution in [0.3, 0.4) is 0 Å². The molecule has 0 aromatic rings. The fourth-order valence-corrected chi connectivity index (χ4v) is 17.8. The minimum atomic E-state index is -2.84. The molecule has 52 N–H and O–H groups in total. The highest BCUT2D eigenvalue weighted by atomic mass is 19.3. The van der Waals surface area contributed by atoms with E-state index in [1.807, 2.05) is 6.07 Å². The Hall–Kier alpha value is -2.73. The van der Waals surface area contributed by atoms with E-state index in [9.17, 15) is 90.5 Å². The predicted octanol–water partition coefficient (Wildman–Crippen LogP) is -20.2. The minimum Gasteiger partial charge on any atom is -0.394 e. The number of nitriles is 1. The van der Waals surface area contributed by atoms with Gasteiger partial charge in [0, 0.05) is 68.5 Å². The standard InChI is InChI=1S/C25H47N7O11.C24H46F2N6O11.C24H48N6O12/c26-4-3-8(28)12-2-1-9(29)23(38-12)41-20-11(31)5-10(30)16(34)22(20)43-25-19(37)21(14(7-33)40-25)42-24-15(32)18(36)17(35)13(6-27)39-24;25-21(26)12(31)9-2-1-6(28)22(38-9)41-18-8(30)3-7(29)14(34)20(18)43-24-17(37)19(11(5-33)40-24)42-23-13(32)16(36)15(35)10(4-27)39-23;25-4-10(32)11-2-1-7(27)22(37-11)40-19-9(29)3-8(28)15(33)21(19)42-24-18(36)20(13(6-31)39-24)41-23-14(30)17(35)16(34)12(5-26)38-23/h8-25,33-37H,1-3,5-7,27-32H2;6-24,33-37H,1-5,27-32H2;7-24,31-36H,1-6,25-30H2/t8-,9+,10+,11-,12-,13-,14+,15+,16-,17+,18+,19+,20+,21+,22+,23+,24?,25-;6-,7-,8+,9+,10+,11-,12-,13-,14+,15-,16-,17-,18-,19-,20-,22-,23?,24+;7-,8-,9+,10+,11+,12+,13-,14-,15+,16-,17-,18-,19-,20-,21-,22-,23?,24+/m011/s1. The van der Waals surface area contributed by atoms with Gasteiger partial charge in [-0.05, 0) is 57.8 Å². The van der Waals surface area contributed by atoms with Crippen molar-refractivity contribution in [3.05, 3.63) is 0 Å². The monoisotopic (exact) mass is 1870 g/mol. The molecule has 0 spiro atoms. The third-order valence-electron chi connectivity index (χ3n) is 25.7. The molecule has 0 amide bonds. The Labute approximate surface area is 735 Å². The van der Waals surface area contributed by atoms with Crippen molar-refractivity contribution in [1.29, 1.82) is 5.26 Å². The maximum atomic E-state index is 13.2. The van der Waals surface area contributed by atoms with Gasteiger partial charge in [0.15, 0.2) is 56.6 Å². The van der Waals surface area contributed by atoms with Crippen molar-refractivity contribution in [2.24, 2.45) is 103 Å². The summed E-state index contributed by atoms with van der Waals surface area (Å²) in [6, 6.07) is -10.6. The summed E-state index contributed by atoms with van der Waals surface area (Å²) in [4.78, 5) is 0. The van der Waals surface area contributed by atoms with Gasteiger partial charge >= 0.3 is 0 Å². The number of aliphatic hydroxyl groups excluding tert-OH is 16. The zero-order valence-electron chi connectivity index (χ0n) is 70.4. The molecule has 9 aliphatic heterocycles. The predicted molar refractivity (Wildman–Crippen MR) is 427 cm³/mol. The Morgan fingerprint density at radius 1 is 0.305 bits per heavy atom. The molecule has 12 fully saturated rings. The maximum absolute atomic E-state index is 13.2. The SMILES string of the molecule is N#CC[C@H](N)[C@@H]1CC[C@@H](N)[C@@H](O[C@H]2[C@H](O[C@@H]3O[C@H](CO)[C@@H](OC4O[C@@H](CN)[C@@H](O)[C@H](O)[C@H]4N)[C@H]3O)[C@@H](O)[C@H](N)C[C@@H]2N)O1.NC[C@@H]1OC(O[C@H]2[C@@H](O)[C@H](O[C@@H]3[C@@H](O)[C@H](N)C[C@H](N)[C@H]3O[C@H]3O[C@H]([C@@H](N)C(F)F)CC[C@H]3N)O[C@@H]2CO)[C@H](N)[C@@H](O)[C@@H]1O.NC[C@@H]1OC(O[C@H]2[C@@H](O)[C@H](O[C@@H]3[C@@H](O)[C@H](N)C[C@H](N)[C@H]3O[C@H]3O[C@H]([C@@H](O)CN)CC[C@H]3N)O[C@@H]2CO)[C@H](N)[C@@H](O)[C@@H]1O. The van der Waals surface area contributed by atoms with E-state index in [2.05, 4.69) is 0 Å². The fourth-order valence-electron chi connectivity index (χ4n) is 17.8. The van der Waals surface area contributed by atoms with Gasteiger partial charge in [0.25, 0.3) is 6.43 Å². The zero-order chi connectivity index (χ0) is 94.2. The average molecular weight is 1870 g/mol. The number of rotatable bonds is 30. The quantitative estimate of drug-likeness (QED) is 0.0318. The molecule has 0 aromatic carbocycles. The molecule has 0 aromatic heterocycles.